The molecule has 6 rings (SSSR count). The molecule has 1 saturated carbocycles. The molecule has 3 aromatic rings. The van der Waals surface area contributed by atoms with Gasteiger partial charge in [-0.15, -0.1) is 0 Å². The van der Waals surface area contributed by atoms with Crippen LogP contribution in [0.4, 0.5) is 19.0 Å². The van der Waals surface area contributed by atoms with Gasteiger partial charge in [0.1, 0.15) is 11.5 Å². The van der Waals surface area contributed by atoms with Crippen LogP contribution in [0.3, 0.4) is 0 Å². The van der Waals surface area contributed by atoms with Crippen LogP contribution in [0.15, 0.2) is 30.6 Å². The van der Waals surface area contributed by atoms with E-state index in [1.54, 1.807) is 12.3 Å². The molecule has 2 aliphatic heterocycles. The van der Waals surface area contributed by atoms with E-state index in [1.165, 1.54) is 13.2 Å². The van der Waals surface area contributed by atoms with Gasteiger partial charge in [-0.1, -0.05) is 11.6 Å². The SMILES string of the molecule is Cn1ncc([C@@H]2C[C@H]2C(=O)Nc2cc3cc(C4CCN([C@@]5(C)COC[C@H]5O)CC4)c(Cl)cc3cn2)c1C(F)(F)F. The number of aliphatic hydroxyl groups excluding tert-OH is 1. The molecule has 0 bridgehead atoms. The summed E-state index contributed by atoms with van der Waals surface area (Å²) in [5.41, 5.74) is -0.100. The number of aromatic nitrogens is 3. The number of hydrogen-bond acceptors (Lipinski definition) is 6. The van der Waals surface area contributed by atoms with E-state index in [4.69, 9.17) is 16.3 Å². The van der Waals surface area contributed by atoms with E-state index in [9.17, 15) is 23.1 Å². The number of benzene rings is 1. The molecule has 214 valence electrons. The van der Waals surface area contributed by atoms with Crippen LogP contribution in [0, 0.1) is 5.92 Å². The fraction of sp³-hybridized carbons (Fsp3) is 0.536. The second kappa shape index (κ2) is 9.97. The number of pyridine rings is 1. The maximum Gasteiger partial charge on any atom is 0.433 e. The summed E-state index contributed by atoms with van der Waals surface area (Å²) in [6.45, 7) is 4.57. The Morgan fingerprint density at radius 3 is 2.60 bits per heavy atom. The first kappa shape index (κ1) is 27.4. The van der Waals surface area contributed by atoms with Crippen molar-refractivity contribution in [2.75, 3.05) is 31.6 Å². The van der Waals surface area contributed by atoms with Crippen LogP contribution in [-0.4, -0.2) is 68.6 Å². The minimum absolute atomic E-state index is 0.0518. The summed E-state index contributed by atoms with van der Waals surface area (Å²) >= 11 is 6.69. The van der Waals surface area contributed by atoms with Crippen LogP contribution in [-0.2, 0) is 22.8 Å². The topological polar surface area (TPSA) is 92.5 Å². The quantitative estimate of drug-likeness (QED) is 0.456. The van der Waals surface area contributed by atoms with E-state index in [2.05, 4.69) is 20.3 Å². The maximum absolute atomic E-state index is 13.5. The van der Waals surface area contributed by atoms with Crippen LogP contribution >= 0.6 is 11.6 Å². The fourth-order valence-electron chi connectivity index (χ4n) is 6.34. The van der Waals surface area contributed by atoms with Crippen molar-refractivity contribution < 1.29 is 27.8 Å². The van der Waals surface area contributed by atoms with Gasteiger partial charge in [0.25, 0.3) is 0 Å². The van der Waals surface area contributed by atoms with Crippen LogP contribution < -0.4 is 5.32 Å². The van der Waals surface area contributed by atoms with Gasteiger partial charge >= 0.3 is 6.18 Å². The van der Waals surface area contributed by atoms with E-state index in [1.807, 2.05) is 19.1 Å². The number of aryl methyl sites for hydroxylation is 1. The minimum atomic E-state index is -4.54. The number of aliphatic hydroxyl groups is 1. The summed E-state index contributed by atoms with van der Waals surface area (Å²) < 4.78 is 46.7. The van der Waals surface area contributed by atoms with Gasteiger partial charge in [0.05, 0.1) is 31.1 Å². The molecule has 1 aromatic carbocycles. The molecule has 1 aliphatic carbocycles. The Morgan fingerprint density at radius 2 is 1.93 bits per heavy atom. The molecule has 4 atom stereocenters. The Balaban J connectivity index is 1.15. The lowest BCUT2D eigenvalue weighted by molar-refractivity contribution is -0.144. The monoisotopic (exact) mass is 577 g/mol. The van der Waals surface area contributed by atoms with Crippen molar-refractivity contribution >= 4 is 34.1 Å². The zero-order valence-corrected chi connectivity index (χ0v) is 23.0. The number of carbonyl (C=O) groups excluding carboxylic acids is 1. The first-order valence-corrected chi connectivity index (χ1v) is 13.8. The van der Waals surface area contributed by atoms with Crippen LogP contribution in [0.2, 0.25) is 5.02 Å². The highest BCUT2D eigenvalue weighted by atomic mass is 35.5. The molecule has 2 aromatic heterocycles. The summed E-state index contributed by atoms with van der Waals surface area (Å²) in [5, 5.41) is 19.3. The van der Waals surface area contributed by atoms with Gasteiger partial charge in [0.2, 0.25) is 5.91 Å². The number of rotatable bonds is 5. The van der Waals surface area contributed by atoms with Gasteiger partial charge in [0, 0.05) is 35.1 Å². The minimum Gasteiger partial charge on any atom is -0.389 e. The van der Waals surface area contributed by atoms with Gasteiger partial charge < -0.3 is 15.2 Å². The van der Waals surface area contributed by atoms with E-state index in [0.717, 1.165) is 46.9 Å². The molecular formula is C28H31ClF3N5O3. The molecule has 3 aliphatic rings. The third-order valence-electron chi connectivity index (χ3n) is 8.90. The predicted octanol–water partition coefficient (Wildman–Crippen LogP) is 4.71. The van der Waals surface area contributed by atoms with Crippen LogP contribution in [0.1, 0.15) is 54.8 Å². The average Bonchev–Trinajstić information content (AvgIpc) is 3.50. The number of nitrogens with one attached hydrogen (secondary N) is 1. The molecule has 0 spiro atoms. The zero-order valence-electron chi connectivity index (χ0n) is 22.2. The van der Waals surface area contributed by atoms with Crippen LogP contribution in [0.25, 0.3) is 10.8 Å². The van der Waals surface area contributed by atoms with Crippen molar-refractivity contribution in [1.29, 1.82) is 0 Å². The molecule has 40 heavy (non-hydrogen) atoms. The number of likely N-dealkylation sites (tertiary alicyclic amines) is 1. The molecular weight excluding hydrogens is 547 g/mol. The van der Waals surface area contributed by atoms with Crippen molar-refractivity contribution in [3.8, 4) is 0 Å². The standard InChI is InChI=1S/C28H31ClF3N5O3/c1-27(14-40-13-23(27)38)37-5-3-15(4-6-37)18-7-16-9-24(33-11-17(16)8-22(18)29)35-26(39)20-10-19(20)21-12-34-36(2)25(21)28(30,31)32/h7-9,11-12,15,19-20,23,38H,3-6,10,13-14H2,1-2H3,(H,33,35,39)/t19-,20-,23-,27+/m1/s1. The Bertz CT molecular complexity index is 1450. The third-order valence-corrected chi connectivity index (χ3v) is 9.22. The molecule has 8 nitrogen and oxygen atoms in total. The molecule has 3 fully saturated rings. The lowest BCUT2D eigenvalue weighted by Gasteiger charge is -2.43. The number of fused-ring (bicyclic) bond motifs is 1. The average molecular weight is 578 g/mol. The predicted molar refractivity (Wildman–Crippen MR) is 143 cm³/mol. The van der Waals surface area contributed by atoms with E-state index < -0.39 is 29.8 Å². The molecule has 2 saturated heterocycles. The van der Waals surface area contributed by atoms with Gasteiger partial charge in [0.15, 0.2) is 0 Å². The van der Waals surface area contributed by atoms with Crippen molar-refractivity contribution in [2.24, 2.45) is 13.0 Å². The molecule has 12 heteroatoms. The Labute approximate surface area is 234 Å². The van der Waals surface area contributed by atoms with Crippen molar-refractivity contribution in [2.45, 2.75) is 55.8 Å². The normalized spacial score (nSPS) is 27.8. The van der Waals surface area contributed by atoms with E-state index >= 15 is 0 Å². The van der Waals surface area contributed by atoms with Crippen molar-refractivity contribution in [3.05, 3.63) is 52.4 Å². The number of alkyl halides is 3. The maximum atomic E-state index is 13.5. The largest absolute Gasteiger partial charge is 0.433 e. The van der Waals surface area contributed by atoms with E-state index in [0.29, 0.717) is 30.5 Å². The van der Waals surface area contributed by atoms with Gasteiger partial charge in [-0.25, -0.2) is 4.98 Å². The lowest BCUT2D eigenvalue weighted by atomic mass is 9.85. The van der Waals surface area contributed by atoms with Gasteiger partial charge in [-0.3, -0.25) is 14.4 Å². The zero-order chi connectivity index (χ0) is 28.4. The van der Waals surface area contributed by atoms with Crippen LogP contribution in [0.5, 0.6) is 0 Å². The number of hydrogen-bond donors (Lipinski definition) is 2. The number of piperidine rings is 1. The second-order valence-electron chi connectivity index (χ2n) is 11.4. The highest BCUT2D eigenvalue weighted by molar-refractivity contribution is 6.32. The molecule has 0 radical (unpaired) electrons. The van der Waals surface area contributed by atoms with Gasteiger partial charge in [-0.2, -0.15) is 18.3 Å². The Hall–Kier alpha value is -2.73. The first-order valence-electron chi connectivity index (χ1n) is 13.5. The number of anilines is 1. The van der Waals surface area contributed by atoms with Crippen molar-refractivity contribution in [3.63, 3.8) is 0 Å². The van der Waals surface area contributed by atoms with Crippen molar-refractivity contribution in [1.82, 2.24) is 19.7 Å². The molecule has 4 heterocycles. The Kier molecular flexibility index (Phi) is 6.84. The highest BCUT2D eigenvalue weighted by Gasteiger charge is 2.50. The summed E-state index contributed by atoms with van der Waals surface area (Å²) in [5.74, 6) is -0.865. The first-order chi connectivity index (χ1) is 19.0. The number of ether oxygens (including phenoxy) is 1. The summed E-state index contributed by atoms with van der Waals surface area (Å²) in [7, 11) is 1.25. The lowest BCUT2D eigenvalue weighted by Crippen LogP contribution is -2.56. The number of amides is 1. The number of carbonyl (C=O) groups is 1. The molecule has 2 N–H and O–H groups in total. The number of nitrogens with zero attached hydrogens (tertiary/aromatic N) is 4. The smallest absolute Gasteiger partial charge is 0.389 e. The van der Waals surface area contributed by atoms with E-state index in [-0.39, 0.29) is 22.9 Å². The third kappa shape index (κ3) is 4.87. The highest BCUT2D eigenvalue weighted by Crippen LogP contribution is 2.51. The summed E-state index contributed by atoms with van der Waals surface area (Å²) in [6, 6.07) is 5.69. The molecule has 0 unspecified atom stereocenters. The fourth-order valence-corrected chi connectivity index (χ4v) is 6.67. The van der Waals surface area contributed by atoms with Gasteiger partial charge in [-0.05, 0) is 80.3 Å². The number of halogens is 4. The summed E-state index contributed by atoms with van der Waals surface area (Å²) in [6.07, 6.45) is -0.0952. The molecule has 1 amide bonds. The Morgan fingerprint density at radius 1 is 1.18 bits per heavy atom. The summed E-state index contributed by atoms with van der Waals surface area (Å²) in [4.78, 5) is 19.6. The second-order valence-corrected chi connectivity index (χ2v) is 11.9.